The second-order valence-electron chi connectivity index (χ2n) is 4.53. The smallest absolute Gasteiger partial charge is 0.354 e. The van der Waals surface area contributed by atoms with Crippen molar-refractivity contribution in [1.29, 1.82) is 0 Å². The van der Waals surface area contributed by atoms with E-state index in [9.17, 15) is 9.59 Å². The predicted molar refractivity (Wildman–Crippen MR) is 74.2 cm³/mol. The molecule has 2 rings (SSSR count). The Kier molecular flexibility index (Phi) is 4.40. The molecule has 0 bridgehead atoms. The van der Waals surface area contributed by atoms with E-state index in [4.69, 9.17) is 0 Å². The first kappa shape index (κ1) is 14.1. The van der Waals surface area contributed by atoms with Crippen molar-refractivity contribution in [2.45, 2.75) is 19.3 Å². The average Bonchev–Trinajstić information content (AvgIpc) is 2.93. The minimum atomic E-state index is -0.615. The number of esters is 2. The zero-order valence-electron chi connectivity index (χ0n) is 11.6. The monoisotopic (exact) mass is 275 g/mol. The number of nitrogens with one attached hydrogen (secondary N) is 1. The van der Waals surface area contributed by atoms with Crippen LogP contribution in [0.1, 0.15) is 17.5 Å². The standard InChI is InChI=1S/C15H17NO4/c1-19-14(17)9-13(15(18)20-2)16-12-7-6-10-4-3-5-11(10)8-12/h6-9,16H,3-5H2,1-2H3/b13-9+. The molecule has 0 saturated heterocycles. The summed E-state index contributed by atoms with van der Waals surface area (Å²) in [4.78, 5) is 22.9. The van der Waals surface area contributed by atoms with Crippen molar-refractivity contribution >= 4 is 17.6 Å². The van der Waals surface area contributed by atoms with Gasteiger partial charge in [-0.1, -0.05) is 6.07 Å². The molecule has 1 aliphatic rings. The molecule has 0 heterocycles. The molecular formula is C15H17NO4. The molecule has 106 valence electrons. The molecule has 1 N–H and O–H groups in total. The molecule has 0 aliphatic heterocycles. The van der Waals surface area contributed by atoms with Crippen LogP contribution in [0.15, 0.2) is 30.0 Å². The van der Waals surface area contributed by atoms with Gasteiger partial charge in [0.2, 0.25) is 0 Å². The van der Waals surface area contributed by atoms with Crippen LogP contribution in [0.3, 0.4) is 0 Å². The van der Waals surface area contributed by atoms with E-state index in [2.05, 4.69) is 14.8 Å². The molecule has 0 saturated carbocycles. The summed E-state index contributed by atoms with van der Waals surface area (Å²) in [6, 6.07) is 5.92. The van der Waals surface area contributed by atoms with Crippen molar-refractivity contribution in [1.82, 2.24) is 0 Å². The van der Waals surface area contributed by atoms with Crippen LogP contribution in [0, 0.1) is 0 Å². The van der Waals surface area contributed by atoms with Crippen LogP contribution in [0.5, 0.6) is 0 Å². The highest BCUT2D eigenvalue weighted by Gasteiger charge is 2.15. The van der Waals surface area contributed by atoms with Gasteiger partial charge in [0.1, 0.15) is 5.70 Å². The number of hydrogen-bond acceptors (Lipinski definition) is 5. The van der Waals surface area contributed by atoms with E-state index >= 15 is 0 Å². The van der Waals surface area contributed by atoms with Gasteiger partial charge in [0, 0.05) is 5.69 Å². The Morgan fingerprint density at radius 2 is 1.90 bits per heavy atom. The summed E-state index contributed by atoms with van der Waals surface area (Å²) in [5.41, 5.74) is 3.42. The number of hydrogen-bond donors (Lipinski definition) is 1. The summed E-state index contributed by atoms with van der Waals surface area (Å²) < 4.78 is 9.17. The first-order valence-corrected chi connectivity index (χ1v) is 6.41. The van der Waals surface area contributed by atoms with Gasteiger partial charge in [-0.05, 0) is 42.5 Å². The molecule has 0 spiro atoms. The third-order valence-electron chi connectivity index (χ3n) is 3.25. The predicted octanol–water partition coefficient (Wildman–Crippen LogP) is 1.82. The van der Waals surface area contributed by atoms with Gasteiger partial charge < -0.3 is 14.8 Å². The maximum Gasteiger partial charge on any atom is 0.354 e. The Morgan fingerprint density at radius 1 is 1.15 bits per heavy atom. The Bertz CT molecular complexity index is 563. The van der Waals surface area contributed by atoms with Crippen molar-refractivity contribution in [3.8, 4) is 0 Å². The number of rotatable bonds is 4. The Hall–Kier alpha value is -2.30. The van der Waals surface area contributed by atoms with Crippen molar-refractivity contribution in [2.75, 3.05) is 19.5 Å². The third-order valence-corrected chi connectivity index (χ3v) is 3.25. The first-order valence-electron chi connectivity index (χ1n) is 6.41. The van der Waals surface area contributed by atoms with Gasteiger partial charge in [0.25, 0.3) is 0 Å². The fraction of sp³-hybridized carbons (Fsp3) is 0.333. The number of ether oxygens (including phenoxy) is 2. The number of methoxy groups -OCH3 is 2. The minimum absolute atomic E-state index is 0.0531. The van der Waals surface area contributed by atoms with Gasteiger partial charge in [0.15, 0.2) is 0 Å². The van der Waals surface area contributed by atoms with E-state index in [1.54, 1.807) is 0 Å². The summed E-state index contributed by atoms with van der Waals surface area (Å²) in [6.07, 6.45) is 4.37. The van der Waals surface area contributed by atoms with Gasteiger partial charge in [-0.25, -0.2) is 9.59 Å². The van der Waals surface area contributed by atoms with Crippen LogP contribution < -0.4 is 5.32 Å². The van der Waals surface area contributed by atoms with E-state index in [0.29, 0.717) is 0 Å². The molecule has 20 heavy (non-hydrogen) atoms. The number of benzene rings is 1. The molecule has 0 radical (unpaired) electrons. The summed E-state index contributed by atoms with van der Waals surface area (Å²) in [6.45, 7) is 0. The lowest BCUT2D eigenvalue weighted by atomic mass is 10.1. The van der Waals surface area contributed by atoms with Crippen LogP contribution in [0.25, 0.3) is 0 Å². The zero-order valence-corrected chi connectivity index (χ0v) is 11.6. The van der Waals surface area contributed by atoms with Gasteiger partial charge in [-0.3, -0.25) is 0 Å². The molecule has 0 amide bonds. The van der Waals surface area contributed by atoms with Crippen LogP contribution >= 0.6 is 0 Å². The van der Waals surface area contributed by atoms with Gasteiger partial charge >= 0.3 is 11.9 Å². The molecule has 1 aromatic carbocycles. The van der Waals surface area contributed by atoms with Gasteiger partial charge in [0.05, 0.1) is 20.3 Å². The normalized spacial score (nSPS) is 13.6. The molecule has 0 fully saturated rings. The van der Waals surface area contributed by atoms with Gasteiger partial charge in [-0.15, -0.1) is 0 Å². The van der Waals surface area contributed by atoms with Crippen molar-refractivity contribution < 1.29 is 19.1 Å². The quantitative estimate of drug-likeness (QED) is 0.670. The van der Waals surface area contributed by atoms with Crippen LogP contribution in [0.2, 0.25) is 0 Å². The molecule has 0 aromatic heterocycles. The largest absolute Gasteiger partial charge is 0.466 e. The maximum absolute atomic E-state index is 11.6. The number of aryl methyl sites for hydroxylation is 2. The second kappa shape index (κ2) is 6.23. The summed E-state index contributed by atoms with van der Waals surface area (Å²) in [5, 5.41) is 2.91. The number of carbonyl (C=O) groups excluding carboxylic acids is 2. The Morgan fingerprint density at radius 3 is 2.60 bits per heavy atom. The molecule has 0 unspecified atom stereocenters. The molecule has 1 aliphatic carbocycles. The lowest BCUT2D eigenvalue weighted by molar-refractivity contribution is -0.138. The summed E-state index contributed by atoms with van der Waals surface area (Å²) in [7, 11) is 2.51. The summed E-state index contributed by atoms with van der Waals surface area (Å²) >= 11 is 0. The van der Waals surface area contributed by atoms with E-state index in [1.807, 2.05) is 18.2 Å². The number of anilines is 1. The molecular weight excluding hydrogens is 258 g/mol. The Balaban J connectivity index is 2.21. The second-order valence-corrected chi connectivity index (χ2v) is 4.53. The number of carbonyl (C=O) groups is 2. The molecule has 5 heteroatoms. The van der Waals surface area contributed by atoms with Crippen molar-refractivity contribution in [3.63, 3.8) is 0 Å². The van der Waals surface area contributed by atoms with E-state index in [1.165, 1.54) is 25.3 Å². The van der Waals surface area contributed by atoms with Crippen LogP contribution in [-0.4, -0.2) is 26.2 Å². The highest BCUT2D eigenvalue weighted by molar-refractivity contribution is 5.98. The third kappa shape index (κ3) is 3.17. The highest BCUT2D eigenvalue weighted by atomic mass is 16.5. The van der Waals surface area contributed by atoms with Gasteiger partial charge in [-0.2, -0.15) is 0 Å². The SMILES string of the molecule is COC(=O)/C=C(/Nc1ccc2c(c1)CCC2)C(=O)OC. The lowest BCUT2D eigenvalue weighted by Crippen LogP contribution is -2.15. The van der Waals surface area contributed by atoms with Crippen molar-refractivity contribution in [3.05, 3.63) is 41.1 Å². The van der Waals surface area contributed by atoms with Crippen molar-refractivity contribution in [2.24, 2.45) is 0 Å². The van der Waals surface area contributed by atoms with E-state index < -0.39 is 11.9 Å². The maximum atomic E-state index is 11.6. The van der Waals surface area contributed by atoms with Crippen LogP contribution in [0.4, 0.5) is 5.69 Å². The molecule has 5 nitrogen and oxygen atoms in total. The van der Waals surface area contributed by atoms with E-state index in [0.717, 1.165) is 31.0 Å². The van der Waals surface area contributed by atoms with Crippen LogP contribution in [-0.2, 0) is 31.9 Å². The van der Waals surface area contributed by atoms with E-state index in [-0.39, 0.29) is 5.70 Å². The molecule has 0 atom stereocenters. The lowest BCUT2D eigenvalue weighted by Gasteiger charge is -2.10. The first-order chi connectivity index (χ1) is 9.63. The minimum Gasteiger partial charge on any atom is -0.466 e. The topological polar surface area (TPSA) is 64.6 Å². The Labute approximate surface area is 117 Å². The highest BCUT2D eigenvalue weighted by Crippen LogP contribution is 2.25. The number of fused-ring (bicyclic) bond motifs is 1. The zero-order chi connectivity index (χ0) is 14.5. The summed E-state index contributed by atoms with van der Waals surface area (Å²) in [5.74, 6) is -1.23. The fourth-order valence-electron chi connectivity index (χ4n) is 2.24. The fourth-order valence-corrected chi connectivity index (χ4v) is 2.24. The average molecular weight is 275 g/mol. The molecule has 1 aromatic rings.